The summed E-state index contributed by atoms with van der Waals surface area (Å²) in [7, 11) is 0. The summed E-state index contributed by atoms with van der Waals surface area (Å²) < 4.78 is 0. The van der Waals surface area contributed by atoms with E-state index in [0.717, 1.165) is 6.42 Å². The SMILES string of the molecule is CCC(Br)C([O])Cl. The van der Waals surface area contributed by atoms with Crippen LogP contribution in [-0.2, 0) is 5.11 Å². The number of hydrogen-bond acceptors (Lipinski definition) is 0. The molecule has 2 atom stereocenters. The molecule has 0 bridgehead atoms. The molecule has 0 spiro atoms. The first-order chi connectivity index (χ1) is 3.18. The molecule has 0 amide bonds. The van der Waals surface area contributed by atoms with Gasteiger partial charge in [0, 0.05) is 0 Å². The zero-order valence-corrected chi connectivity index (χ0v) is 6.37. The third-order valence-corrected chi connectivity index (χ3v) is 2.41. The zero-order chi connectivity index (χ0) is 5.86. The second kappa shape index (κ2) is 3.70. The summed E-state index contributed by atoms with van der Waals surface area (Å²) >= 11 is 8.22. The molecule has 0 aliphatic rings. The fourth-order valence-electron chi connectivity index (χ4n) is 0.185. The van der Waals surface area contributed by atoms with Crippen LogP contribution >= 0.6 is 27.5 Å². The van der Waals surface area contributed by atoms with E-state index in [-0.39, 0.29) is 4.83 Å². The van der Waals surface area contributed by atoms with Gasteiger partial charge in [-0.25, -0.2) is 5.11 Å². The Morgan fingerprint density at radius 1 is 1.86 bits per heavy atom. The average molecular weight is 186 g/mol. The van der Waals surface area contributed by atoms with E-state index in [4.69, 9.17) is 11.6 Å². The van der Waals surface area contributed by atoms with Crippen molar-refractivity contribution in [3.8, 4) is 0 Å². The molecular formula is C4H7BrClO. The predicted octanol–water partition coefficient (Wildman–Crippen LogP) is 2.16. The van der Waals surface area contributed by atoms with Gasteiger partial charge in [0.2, 0.25) is 0 Å². The van der Waals surface area contributed by atoms with E-state index in [1.807, 2.05) is 6.92 Å². The number of alkyl halides is 2. The van der Waals surface area contributed by atoms with E-state index in [1.54, 1.807) is 0 Å². The van der Waals surface area contributed by atoms with Crippen LogP contribution in [0, 0.1) is 0 Å². The molecule has 1 nitrogen and oxygen atoms in total. The van der Waals surface area contributed by atoms with Crippen molar-refractivity contribution in [1.29, 1.82) is 0 Å². The maximum absolute atomic E-state index is 10.2. The van der Waals surface area contributed by atoms with E-state index >= 15 is 0 Å². The predicted molar refractivity (Wildman–Crippen MR) is 33.3 cm³/mol. The molecule has 3 heteroatoms. The molecule has 0 fully saturated rings. The monoisotopic (exact) mass is 185 g/mol. The summed E-state index contributed by atoms with van der Waals surface area (Å²) in [4.78, 5) is -0.0748. The molecular weight excluding hydrogens is 179 g/mol. The van der Waals surface area contributed by atoms with Gasteiger partial charge >= 0.3 is 0 Å². The lowest BCUT2D eigenvalue weighted by atomic mass is 10.4. The molecule has 1 radical (unpaired) electrons. The third kappa shape index (κ3) is 3.32. The van der Waals surface area contributed by atoms with Gasteiger partial charge in [0.05, 0.1) is 4.83 Å². The highest BCUT2D eigenvalue weighted by molar-refractivity contribution is 9.09. The number of halogens is 2. The highest BCUT2D eigenvalue weighted by Gasteiger charge is 2.10. The van der Waals surface area contributed by atoms with Crippen LogP contribution in [-0.4, -0.2) is 10.4 Å². The molecule has 0 N–H and O–H groups in total. The highest BCUT2D eigenvalue weighted by Crippen LogP contribution is 2.12. The molecule has 0 saturated carbocycles. The summed E-state index contributed by atoms with van der Waals surface area (Å²) in [5.74, 6) is 0. The number of hydrogen-bond donors (Lipinski definition) is 0. The van der Waals surface area contributed by atoms with E-state index in [2.05, 4.69) is 15.9 Å². The van der Waals surface area contributed by atoms with Gasteiger partial charge in [-0.3, -0.25) is 0 Å². The van der Waals surface area contributed by atoms with Gasteiger partial charge in [-0.15, -0.1) is 0 Å². The molecule has 0 rings (SSSR count). The van der Waals surface area contributed by atoms with Crippen molar-refractivity contribution in [3.63, 3.8) is 0 Å². The maximum atomic E-state index is 10.2. The molecule has 7 heavy (non-hydrogen) atoms. The van der Waals surface area contributed by atoms with Crippen molar-refractivity contribution in [1.82, 2.24) is 0 Å². The van der Waals surface area contributed by atoms with Crippen LogP contribution in [0.4, 0.5) is 0 Å². The summed E-state index contributed by atoms with van der Waals surface area (Å²) in [5.41, 5.74) is -0.995. The van der Waals surface area contributed by atoms with Crippen molar-refractivity contribution in [2.45, 2.75) is 23.7 Å². The molecule has 0 saturated heterocycles. The largest absolute Gasteiger partial charge is 0.214 e. The van der Waals surface area contributed by atoms with E-state index in [9.17, 15) is 5.11 Å². The molecule has 0 heterocycles. The highest BCUT2D eigenvalue weighted by atomic mass is 79.9. The fraction of sp³-hybridized carbons (Fsp3) is 1.00. The van der Waals surface area contributed by atoms with Crippen molar-refractivity contribution >= 4 is 27.5 Å². The van der Waals surface area contributed by atoms with Gasteiger partial charge in [0.15, 0.2) is 5.56 Å². The second-order valence-corrected chi connectivity index (χ2v) is 2.88. The van der Waals surface area contributed by atoms with Gasteiger partial charge in [0.25, 0.3) is 0 Å². The van der Waals surface area contributed by atoms with Crippen LogP contribution < -0.4 is 0 Å². The molecule has 43 valence electrons. The standard InChI is InChI=1S/C4H7BrClO/c1-2-3(5)4(6)7/h3-4H,2H2,1H3. The van der Waals surface area contributed by atoms with E-state index in [1.165, 1.54) is 0 Å². The maximum Gasteiger partial charge on any atom is 0.178 e. The smallest absolute Gasteiger partial charge is 0.178 e. The fourth-order valence-corrected chi connectivity index (χ4v) is 0.363. The van der Waals surface area contributed by atoms with Crippen LogP contribution in [0.5, 0.6) is 0 Å². The van der Waals surface area contributed by atoms with Crippen molar-refractivity contribution < 1.29 is 5.11 Å². The van der Waals surface area contributed by atoms with Gasteiger partial charge in [-0.1, -0.05) is 34.5 Å². The van der Waals surface area contributed by atoms with Crippen molar-refractivity contribution in [2.75, 3.05) is 0 Å². The van der Waals surface area contributed by atoms with Crippen molar-refractivity contribution in [2.24, 2.45) is 0 Å². The Morgan fingerprint density at radius 2 is 2.29 bits per heavy atom. The molecule has 0 aliphatic heterocycles. The minimum absolute atomic E-state index is 0.0748. The number of rotatable bonds is 2. The van der Waals surface area contributed by atoms with Crippen LogP contribution in [0.1, 0.15) is 13.3 Å². The van der Waals surface area contributed by atoms with Crippen molar-refractivity contribution in [3.05, 3.63) is 0 Å². The minimum Gasteiger partial charge on any atom is -0.214 e. The van der Waals surface area contributed by atoms with E-state index in [0.29, 0.717) is 0 Å². The molecule has 0 aromatic carbocycles. The Bertz CT molecular complexity index is 49.0. The zero-order valence-electron chi connectivity index (χ0n) is 4.03. The first-order valence-electron chi connectivity index (χ1n) is 2.12. The lowest BCUT2D eigenvalue weighted by Crippen LogP contribution is -2.09. The molecule has 0 aromatic rings. The Balaban J connectivity index is 3.14. The van der Waals surface area contributed by atoms with Crippen LogP contribution in [0.2, 0.25) is 0 Å². The molecule has 0 aliphatic carbocycles. The Labute approximate surface area is 56.8 Å². The normalized spacial score (nSPS) is 18.9. The summed E-state index contributed by atoms with van der Waals surface area (Å²) in [5, 5.41) is 10.2. The summed E-state index contributed by atoms with van der Waals surface area (Å²) in [6, 6.07) is 0. The van der Waals surface area contributed by atoms with Gasteiger partial charge in [0.1, 0.15) is 0 Å². The molecule has 2 unspecified atom stereocenters. The van der Waals surface area contributed by atoms with Gasteiger partial charge < -0.3 is 0 Å². The lowest BCUT2D eigenvalue weighted by molar-refractivity contribution is 0.156. The quantitative estimate of drug-likeness (QED) is 0.589. The van der Waals surface area contributed by atoms with E-state index < -0.39 is 5.56 Å². The second-order valence-electron chi connectivity index (χ2n) is 1.28. The topological polar surface area (TPSA) is 19.9 Å². The molecule has 0 aromatic heterocycles. The van der Waals surface area contributed by atoms with Crippen LogP contribution in [0.25, 0.3) is 0 Å². The average Bonchev–Trinajstić information content (AvgIpc) is 1.65. The lowest BCUT2D eigenvalue weighted by Gasteiger charge is -2.02. The van der Waals surface area contributed by atoms with Crippen LogP contribution in [0.15, 0.2) is 0 Å². The van der Waals surface area contributed by atoms with Gasteiger partial charge in [-0.05, 0) is 6.42 Å². The Kier molecular flexibility index (Phi) is 4.08. The Morgan fingerprint density at radius 3 is 2.29 bits per heavy atom. The summed E-state index contributed by atoms with van der Waals surface area (Å²) in [6.07, 6.45) is 0.789. The Hall–Kier alpha value is 0.730. The third-order valence-electron chi connectivity index (χ3n) is 0.674. The van der Waals surface area contributed by atoms with Gasteiger partial charge in [-0.2, -0.15) is 0 Å². The first-order valence-corrected chi connectivity index (χ1v) is 3.47. The summed E-state index contributed by atoms with van der Waals surface area (Å²) in [6.45, 7) is 1.91. The minimum atomic E-state index is -0.995. The first kappa shape index (κ1) is 7.73. The van der Waals surface area contributed by atoms with Crippen LogP contribution in [0.3, 0.4) is 0 Å².